The van der Waals surface area contributed by atoms with Crippen LogP contribution in [0.15, 0.2) is 36.4 Å². The van der Waals surface area contributed by atoms with E-state index in [1.807, 2.05) is 30.3 Å². The summed E-state index contributed by atoms with van der Waals surface area (Å²) in [5.41, 5.74) is 7.22. The van der Waals surface area contributed by atoms with Crippen molar-refractivity contribution in [2.24, 2.45) is 5.73 Å². The van der Waals surface area contributed by atoms with Gasteiger partial charge in [0.05, 0.1) is 5.52 Å². The van der Waals surface area contributed by atoms with Crippen molar-refractivity contribution < 1.29 is 0 Å². The molecule has 1 aromatic carbocycles. The zero-order chi connectivity index (χ0) is 11.2. The Morgan fingerprint density at radius 2 is 2.00 bits per heavy atom. The topological polar surface area (TPSA) is 38.9 Å². The van der Waals surface area contributed by atoms with E-state index < -0.39 is 0 Å². The average Bonchev–Trinajstić information content (AvgIpc) is 2.34. The van der Waals surface area contributed by atoms with Gasteiger partial charge in [-0.3, -0.25) is 0 Å². The molecule has 0 radical (unpaired) electrons. The van der Waals surface area contributed by atoms with Crippen LogP contribution in [-0.2, 0) is 0 Å². The summed E-state index contributed by atoms with van der Waals surface area (Å²) in [6.45, 7) is 0.694. The lowest BCUT2D eigenvalue weighted by Crippen LogP contribution is -1.96. The molecule has 80 valence electrons. The summed E-state index contributed by atoms with van der Waals surface area (Å²) < 4.78 is 0. The number of nitrogens with zero attached hydrogens (tertiary/aromatic N) is 1. The Morgan fingerprint density at radius 3 is 2.88 bits per heavy atom. The predicted octanol–water partition coefficient (Wildman–Crippen LogP) is 2.33. The lowest BCUT2D eigenvalue weighted by atomic mass is 10.2. The molecular weight excluding hydrogens is 196 g/mol. The van der Waals surface area contributed by atoms with Crippen LogP contribution in [0.1, 0.15) is 18.5 Å². The molecule has 0 unspecified atom stereocenters. The fraction of sp³-hybridized carbons (Fsp3) is 0.214. The molecule has 0 saturated carbocycles. The maximum Gasteiger partial charge on any atom is 0.113 e. The Hall–Kier alpha value is -1.85. The maximum absolute atomic E-state index is 5.40. The molecule has 1 aromatic heterocycles. The van der Waals surface area contributed by atoms with Gasteiger partial charge in [0.1, 0.15) is 5.69 Å². The van der Waals surface area contributed by atoms with Crippen LogP contribution < -0.4 is 5.73 Å². The molecule has 0 amide bonds. The van der Waals surface area contributed by atoms with Crippen molar-refractivity contribution in [1.82, 2.24) is 4.98 Å². The van der Waals surface area contributed by atoms with Crippen molar-refractivity contribution in [3.8, 4) is 11.8 Å². The summed E-state index contributed by atoms with van der Waals surface area (Å²) in [6, 6.07) is 12.1. The molecule has 2 heteroatoms. The van der Waals surface area contributed by atoms with Crippen LogP contribution in [0.25, 0.3) is 10.9 Å². The van der Waals surface area contributed by atoms with Gasteiger partial charge >= 0.3 is 0 Å². The highest BCUT2D eigenvalue weighted by Gasteiger charge is 1.93. The number of aromatic nitrogens is 1. The van der Waals surface area contributed by atoms with Gasteiger partial charge in [-0.1, -0.05) is 30.2 Å². The zero-order valence-electron chi connectivity index (χ0n) is 9.11. The predicted molar refractivity (Wildman–Crippen MR) is 66.9 cm³/mol. The van der Waals surface area contributed by atoms with E-state index in [4.69, 9.17) is 5.73 Å². The first-order valence-electron chi connectivity index (χ1n) is 5.45. The summed E-state index contributed by atoms with van der Waals surface area (Å²) in [4.78, 5) is 4.47. The molecule has 0 aliphatic carbocycles. The number of para-hydroxylation sites is 1. The third-order valence-corrected chi connectivity index (χ3v) is 2.32. The van der Waals surface area contributed by atoms with E-state index in [2.05, 4.69) is 22.9 Å². The summed E-state index contributed by atoms with van der Waals surface area (Å²) in [7, 11) is 0. The standard InChI is InChI=1S/C14H14N2/c15-11-5-1-2-7-13-10-9-12-6-3-4-8-14(12)16-13/h3-4,6,8-10H,1,5,11,15H2. The van der Waals surface area contributed by atoms with Crippen molar-refractivity contribution in [2.45, 2.75) is 12.8 Å². The van der Waals surface area contributed by atoms with Crippen LogP contribution in [0.4, 0.5) is 0 Å². The van der Waals surface area contributed by atoms with Crippen molar-refractivity contribution in [1.29, 1.82) is 0 Å². The van der Waals surface area contributed by atoms with Gasteiger partial charge in [0.15, 0.2) is 0 Å². The Labute approximate surface area is 95.5 Å². The van der Waals surface area contributed by atoms with Crippen molar-refractivity contribution in [3.63, 3.8) is 0 Å². The number of hydrogen-bond donors (Lipinski definition) is 1. The summed E-state index contributed by atoms with van der Waals surface area (Å²) in [5.74, 6) is 6.13. The molecule has 2 N–H and O–H groups in total. The van der Waals surface area contributed by atoms with Gasteiger partial charge < -0.3 is 5.73 Å². The Kier molecular flexibility index (Phi) is 3.53. The number of pyridine rings is 1. The minimum Gasteiger partial charge on any atom is -0.330 e. The van der Waals surface area contributed by atoms with Crippen LogP contribution in [0.2, 0.25) is 0 Å². The molecule has 0 aliphatic rings. The van der Waals surface area contributed by atoms with E-state index in [9.17, 15) is 0 Å². The second-order valence-corrected chi connectivity index (χ2v) is 3.58. The van der Waals surface area contributed by atoms with Gasteiger partial charge in [0.2, 0.25) is 0 Å². The molecule has 0 atom stereocenters. The highest BCUT2D eigenvalue weighted by molar-refractivity contribution is 5.78. The van der Waals surface area contributed by atoms with E-state index >= 15 is 0 Å². The molecular formula is C14H14N2. The highest BCUT2D eigenvalue weighted by atomic mass is 14.7. The molecule has 2 aromatic rings. The number of hydrogen-bond acceptors (Lipinski definition) is 2. The third-order valence-electron chi connectivity index (χ3n) is 2.32. The SMILES string of the molecule is NCCCC#Cc1ccc2ccccc2n1. The lowest BCUT2D eigenvalue weighted by Gasteiger charge is -1.96. The Bertz CT molecular complexity index is 535. The molecule has 16 heavy (non-hydrogen) atoms. The monoisotopic (exact) mass is 210 g/mol. The number of rotatable bonds is 2. The zero-order valence-corrected chi connectivity index (χ0v) is 9.11. The van der Waals surface area contributed by atoms with Gasteiger partial charge in [-0.2, -0.15) is 0 Å². The minimum atomic E-state index is 0.694. The Morgan fingerprint density at radius 1 is 1.12 bits per heavy atom. The first kappa shape index (κ1) is 10.7. The highest BCUT2D eigenvalue weighted by Crippen LogP contribution is 2.10. The molecule has 2 nitrogen and oxygen atoms in total. The number of unbranched alkanes of at least 4 members (excludes halogenated alkanes) is 1. The molecule has 0 fully saturated rings. The number of nitrogens with two attached hydrogens (primary N) is 1. The van der Waals surface area contributed by atoms with E-state index in [0.717, 1.165) is 29.4 Å². The van der Waals surface area contributed by atoms with Crippen molar-refractivity contribution >= 4 is 10.9 Å². The lowest BCUT2D eigenvalue weighted by molar-refractivity contribution is 0.870. The largest absolute Gasteiger partial charge is 0.330 e. The summed E-state index contributed by atoms with van der Waals surface area (Å²) >= 11 is 0. The maximum atomic E-state index is 5.40. The second-order valence-electron chi connectivity index (χ2n) is 3.58. The van der Waals surface area contributed by atoms with E-state index in [1.165, 1.54) is 0 Å². The van der Waals surface area contributed by atoms with E-state index in [0.29, 0.717) is 6.54 Å². The quantitative estimate of drug-likeness (QED) is 0.610. The molecule has 1 heterocycles. The van der Waals surface area contributed by atoms with Gasteiger partial charge in [-0.15, -0.1) is 0 Å². The van der Waals surface area contributed by atoms with Gasteiger partial charge in [-0.25, -0.2) is 4.98 Å². The molecule has 0 bridgehead atoms. The van der Waals surface area contributed by atoms with Crippen LogP contribution in [0.5, 0.6) is 0 Å². The van der Waals surface area contributed by atoms with Gasteiger partial charge in [-0.05, 0) is 31.0 Å². The molecule has 2 rings (SSSR count). The fourth-order valence-electron chi connectivity index (χ4n) is 1.48. The van der Waals surface area contributed by atoms with Crippen LogP contribution in [-0.4, -0.2) is 11.5 Å². The molecule has 0 saturated heterocycles. The molecule has 0 spiro atoms. The van der Waals surface area contributed by atoms with Crippen LogP contribution in [0, 0.1) is 11.8 Å². The number of fused-ring (bicyclic) bond motifs is 1. The van der Waals surface area contributed by atoms with E-state index in [1.54, 1.807) is 0 Å². The van der Waals surface area contributed by atoms with Crippen LogP contribution >= 0.6 is 0 Å². The normalized spacial score (nSPS) is 9.81. The number of benzene rings is 1. The smallest absolute Gasteiger partial charge is 0.113 e. The molecule has 0 aliphatic heterocycles. The summed E-state index contributed by atoms with van der Waals surface area (Å²) in [6.07, 6.45) is 1.78. The fourth-order valence-corrected chi connectivity index (χ4v) is 1.48. The van der Waals surface area contributed by atoms with Crippen molar-refractivity contribution in [3.05, 3.63) is 42.1 Å². The van der Waals surface area contributed by atoms with Gasteiger partial charge in [0, 0.05) is 11.8 Å². The first-order valence-corrected chi connectivity index (χ1v) is 5.45. The summed E-state index contributed by atoms with van der Waals surface area (Å²) in [5, 5.41) is 1.15. The third kappa shape index (κ3) is 2.59. The average molecular weight is 210 g/mol. The van der Waals surface area contributed by atoms with Crippen LogP contribution in [0.3, 0.4) is 0 Å². The van der Waals surface area contributed by atoms with Crippen molar-refractivity contribution in [2.75, 3.05) is 6.54 Å². The minimum absolute atomic E-state index is 0.694. The Balaban J connectivity index is 2.21. The van der Waals surface area contributed by atoms with E-state index in [-0.39, 0.29) is 0 Å². The van der Waals surface area contributed by atoms with Gasteiger partial charge in [0.25, 0.3) is 0 Å². The first-order chi connectivity index (χ1) is 7.90. The second kappa shape index (κ2) is 5.29.